The Labute approximate surface area is 180 Å². The van der Waals surface area contributed by atoms with Crippen molar-refractivity contribution < 1.29 is 14.4 Å². The van der Waals surface area contributed by atoms with Crippen molar-refractivity contribution in [3.63, 3.8) is 0 Å². The molecule has 4 rings (SSSR count). The first kappa shape index (κ1) is 19.8. The standard InChI is InChI=1S/C21H14N4O3S2/c26-17(11-6-12-25-18(27)15-9-4-5-10-16(15)19(25)28)22-20-23-24-21(30-20)29-13-14-7-2-1-3-8-14/h1-5,7-10H,12-13H2,(H,22,23,26). The maximum Gasteiger partial charge on any atom is 0.302 e. The van der Waals surface area contributed by atoms with E-state index in [2.05, 4.69) is 27.4 Å². The lowest BCUT2D eigenvalue weighted by Gasteiger charge is -2.08. The van der Waals surface area contributed by atoms with Crippen LogP contribution in [-0.4, -0.2) is 39.4 Å². The molecule has 148 valence electrons. The number of carbonyl (C=O) groups is 3. The molecule has 2 heterocycles. The normalized spacial score (nSPS) is 12.3. The van der Waals surface area contributed by atoms with Crippen LogP contribution in [0.4, 0.5) is 5.13 Å². The number of anilines is 1. The highest BCUT2D eigenvalue weighted by atomic mass is 32.2. The second-order valence-corrected chi connectivity index (χ2v) is 8.35. The molecule has 7 nitrogen and oxygen atoms in total. The van der Waals surface area contributed by atoms with Gasteiger partial charge in [0, 0.05) is 5.75 Å². The van der Waals surface area contributed by atoms with Crippen LogP contribution in [0.3, 0.4) is 0 Å². The number of nitrogens with zero attached hydrogens (tertiary/aromatic N) is 3. The molecule has 0 saturated carbocycles. The maximum atomic E-state index is 12.3. The zero-order valence-electron chi connectivity index (χ0n) is 15.5. The summed E-state index contributed by atoms with van der Waals surface area (Å²) in [6, 6.07) is 16.5. The summed E-state index contributed by atoms with van der Waals surface area (Å²) in [7, 11) is 0. The number of nitrogens with one attached hydrogen (secondary N) is 1. The first-order chi connectivity index (χ1) is 14.6. The van der Waals surface area contributed by atoms with Gasteiger partial charge in [0.25, 0.3) is 11.8 Å². The fourth-order valence-corrected chi connectivity index (χ4v) is 4.45. The van der Waals surface area contributed by atoms with Gasteiger partial charge in [0.1, 0.15) is 0 Å². The third-order valence-electron chi connectivity index (χ3n) is 4.15. The lowest BCUT2D eigenvalue weighted by atomic mass is 10.1. The first-order valence-corrected chi connectivity index (χ1v) is 10.7. The van der Waals surface area contributed by atoms with Crippen LogP contribution in [0.25, 0.3) is 0 Å². The van der Waals surface area contributed by atoms with Crippen molar-refractivity contribution >= 4 is 46.0 Å². The third-order valence-corrected chi connectivity index (χ3v) is 6.19. The van der Waals surface area contributed by atoms with Gasteiger partial charge in [-0.2, -0.15) is 0 Å². The third kappa shape index (κ3) is 4.40. The highest BCUT2D eigenvalue weighted by Crippen LogP contribution is 2.28. The predicted molar refractivity (Wildman–Crippen MR) is 114 cm³/mol. The van der Waals surface area contributed by atoms with Crippen molar-refractivity contribution in [3.05, 3.63) is 71.3 Å². The van der Waals surface area contributed by atoms with Crippen LogP contribution in [-0.2, 0) is 10.5 Å². The molecule has 0 radical (unpaired) electrons. The zero-order valence-corrected chi connectivity index (χ0v) is 17.1. The number of thioether (sulfide) groups is 1. The summed E-state index contributed by atoms with van der Waals surface area (Å²) < 4.78 is 0.730. The average molecular weight is 435 g/mol. The fourth-order valence-electron chi connectivity index (χ4n) is 2.75. The van der Waals surface area contributed by atoms with Gasteiger partial charge in [-0.3, -0.25) is 24.6 Å². The molecule has 0 aliphatic carbocycles. The number of carbonyl (C=O) groups excluding carboxylic acids is 3. The summed E-state index contributed by atoms with van der Waals surface area (Å²) in [4.78, 5) is 37.6. The number of amides is 3. The van der Waals surface area contributed by atoms with Crippen LogP contribution in [0.15, 0.2) is 58.9 Å². The van der Waals surface area contributed by atoms with Crippen molar-refractivity contribution in [1.29, 1.82) is 0 Å². The van der Waals surface area contributed by atoms with Crippen molar-refractivity contribution in [2.45, 2.75) is 10.1 Å². The minimum absolute atomic E-state index is 0.159. The molecular weight excluding hydrogens is 420 g/mol. The summed E-state index contributed by atoms with van der Waals surface area (Å²) in [5, 5.41) is 10.9. The molecule has 1 aromatic heterocycles. The number of imide groups is 1. The summed E-state index contributed by atoms with van der Waals surface area (Å²) in [5.74, 6) is 4.31. The molecular formula is C21H14N4O3S2. The van der Waals surface area contributed by atoms with Gasteiger partial charge in [0.2, 0.25) is 5.13 Å². The van der Waals surface area contributed by atoms with E-state index in [1.807, 2.05) is 30.3 Å². The van der Waals surface area contributed by atoms with Gasteiger partial charge < -0.3 is 0 Å². The van der Waals surface area contributed by atoms with Crippen molar-refractivity contribution in [3.8, 4) is 11.8 Å². The molecule has 3 amide bonds. The maximum absolute atomic E-state index is 12.3. The smallest absolute Gasteiger partial charge is 0.289 e. The van der Waals surface area contributed by atoms with E-state index in [4.69, 9.17) is 0 Å². The molecule has 0 bridgehead atoms. The number of hydrogen-bond donors (Lipinski definition) is 1. The van der Waals surface area contributed by atoms with E-state index in [1.54, 1.807) is 24.3 Å². The Balaban J connectivity index is 1.30. The summed E-state index contributed by atoms with van der Waals surface area (Å²) in [6.07, 6.45) is 0. The summed E-state index contributed by atoms with van der Waals surface area (Å²) >= 11 is 2.78. The number of hydrogen-bond acceptors (Lipinski definition) is 7. The Hall–Kier alpha value is -3.48. The average Bonchev–Trinajstić information content (AvgIpc) is 3.31. The second-order valence-electron chi connectivity index (χ2n) is 6.15. The van der Waals surface area contributed by atoms with Crippen LogP contribution in [0.5, 0.6) is 0 Å². The Morgan fingerprint density at radius 2 is 1.67 bits per heavy atom. The topological polar surface area (TPSA) is 92.3 Å². The molecule has 0 spiro atoms. The van der Waals surface area contributed by atoms with Gasteiger partial charge in [0.05, 0.1) is 17.7 Å². The summed E-state index contributed by atoms with van der Waals surface area (Å²) in [6.45, 7) is -0.159. The second kappa shape index (κ2) is 8.90. The van der Waals surface area contributed by atoms with Crippen molar-refractivity contribution in [2.75, 3.05) is 11.9 Å². The van der Waals surface area contributed by atoms with Crippen LogP contribution >= 0.6 is 23.1 Å². The molecule has 0 fully saturated rings. The fraction of sp³-hybridized carbons (Fsp3) is 0.0952. The quantitative estimate of drug-likeness (QED) is 0.287. The molecule has 30 heavy (non-hydrogen) atoms. The van der Waals surface area contributed by atoms with Crippen LogP contribution in [0.1, 0.15) is 26.3 Å². The van der Waals surface area contributed by atoms with E-state index in [0.717, 1.165) is 15.0 Å². The van der Waals surface area contributed by atoms with E-state index < -0.39 is 17.7 Å². The molecule has 1 aliphatic heterocycles. The Bertz CT molecular complexity index is 1150. The van der Waals surface area contributed by atoms with E-state index in [9.17, 15) is 14.4 Å². The first-order valence-electron chi connectivity index (χ1n) is 8.87. The minimum Gasteiger partial charge on any atom is -0.289 e. The molecule has 9 heteroatoms. The molecule has 1 aliphatic rings. The number of benzene rings is 2. The van der Waals surface area contributed by atoms with Crippen molar-refractivity contribution in [1.82, 2.24) is 15.1 Å². The van der Waals surface area contributed by atoms with Crippen LogP contribution in [0.2, 0.25) is 0 Å². The van der Waals surface area contributed by atoms with Gasteiger partial charge in [-0.1, -0.05) is 71.5 Å². The highest BCUT2D eigenvalue weighted by Gasteiger charge is 2.34. The molecule has 0 unspecified atom stereocenters. The van der Waals surface area contributed by atoms with E-state index >= 15 is 0 Å². The Morgan fingerprint density at radius 3 is 2.37 bits per heavy atom. The Kier molecular flexibility index (Phi) is 5.88. The Morgan fingerprint density at radius 1 is 1.00 bits per heavy atom. The number of rotatable bonds is 5. The number of fused-ring (bicyclic) bond motifs is 1. The largest absolute Gasteiger partial charge is 0.302 e. The highest BCUT2D eigenvalue weighted by molar-refractivity contribution is 8.00. The van der Waals surface area contributed by atoms with E-state index in [0.29, 0.717) is 16.3 Å². The summed E-state index contributed by atoms with van der Waals surface area (Å²) in [5.41, 5.74) is 1.87. The van der Waals surface area contributed by atoms with Gasteiger partial charge in [-0.25, -0.2) is 0 Å². The lowest BCUT2D eigenvalue weighted by Crippen LogP contribution is -2.30. The molecule has 0 atom stereocenters. The van der Waals surface area contributed by atoms with Crippen LogP contribution < -0.4 is 5.32 Å². The number of aromatic nitrogens is 2. The minimum atomic E-state index is -0.581. The van der Waals surface area contributed by atoms with Crippen LogP contribution in [0, 0.1) is 11.8 Å². The molecule has 1 N–H and O–H groups in total. The van der Waals surface area contributed by atoms with E-state index in [1.165, 1.54) is 28.7 Å². The van der Waals surface area contributed by atoms with Gasteiger partial charge in [0.15, 0.2) is 4.34 Å². The predicted octanol–water partition coefficient (Wildman–Crippen LogP) is 3.07. The van der Waals surface area contributed by atoms with Gasteiger partial charge >= 0.3 is 5.91 Å². The molecule has 3 aromatic rings. The van der Waals surface area contributed by atoms with Crippen molar-refractivity contribution in [2.24, 2.45) is 0 Å². The zero-order chi connectivity index (χ0) is 20.9. The monoisotopic (exact) mass is 434 g/mol. The van der Waals surface area contributed by atoms with E-state index in [-0.39, 0.29) is 6.54 Å². The molecule has 0 saturated heterocycles. The van der Waals surface area contributed by atoms with Gasteiger partial charge in [-0.15, -0.1) is 10.2 Å². The van der Waals surface area contributed by atoms with Gasteiger partial charge in [-0.05, 0) is 23.6 Å². The SMILES string of the molecule is O=C(C#CCN1C(=O)c2ccccc2C1=O)Nc1nnc(SCc2ccccc2)s1. The molecule has 2 aromatic carbocycles. The lowest BCUT2D eigenvalue weighted by molar-refractivity contribution is -0.111.